The smallest absolute Gasteiger partial charge is 0.126 e. The van der Waals surface area contributed by atoms with Gasteiger partial charge in [-0.1, -0.05) is 25.3 Å². The Morgan fingerprint density at radius 3 is 2.61 bits per heavy atom. The van der Waals surface area contributed by atoms with E-state index < -0.39 is 0 Å². The molecule has 0 amide bonds. The molecule has 1 aliphatic rings. The highest BCUT2D eigenvalue weighted by molar-refractivity contribution is 5.49. The maximum Gasteiger partial charge on any atom is 0.126 e. The van der Waals surface area contributed by atoms with Crippen LogP contribution >= 0.6 is 0 Å². The molecule has 2 rings (SSSR count). The number of phenolic OH excluding ortho intramolecular Hbond substituents is 1. The minimum atomic E-state index is -0.103. The van der Waals surface area contributed by atoms with Crippen LogP contribution in [-0.2, 0) is 5.41 Å². The minimum Gasteiger partial charge on any atom is -0.508 e. The van der Waals surface area contributed by atoms with Gasteiger partial charge in [0, 0.05) is 17.5 Å². The number of aromatic hydroxyl groups is 1. The molecule has 18 heavy (non-hydrogen) atoms. The van der Waals surface area contributed by atoms with E-state index in [9.17, 15) is 5.11 Å². The highest BCUT2D eigenvalue weighted by Crippen LogP contribution is 2.46. The Hall–Kier alpha value is -1.22. The van der Waals surface area contributed by atoms with E-state index in [1.807, 2.05) is 19.1 Å². The number of rotatable bonds is 4. The van der Waals surface area contributed by atoms with Crippen LogP contribution in [0.3, 0.4) is 0 Å². The maximum absolute atomic E-state index is 10.2. The topological polar surface area (TPSA) is 55.5 Å². The van der Waals surface area contributed by atoms with E-state index in [0.29, 0.717) is 18.9 Å². The third-order valence-corrected chi connectivity index (χ3v) is 4.04. The summed E-state index contributed by atoms with van der Waals surface area (Å²) in [6, 6.07) is 5.51. The Morgan fingerprint density at radius 2 is 2.00 bits per heavy atom. The van der Waals surface area contributed by atoms with Gasteiger partial charge < -0.3 is 15.6 Å². The zero-order valence-corrected chi connectivity index (χ0v) is 11.1. The number of phenols is 1. The van der Waals surface area contributed by atoms with Crippen LogP contribution < -0.4 is 10.5 Å². The molecule has 3 heteroatoms. The first-order chi connectivity index (χ1) is 8.73. The summed E-state index contributed by atoms with van der Waals surface area (Å²) in [5.41, 5.74) is 6.86. The first-order valence-electron chi connectivity index (χ1n) is 6.89. The first kappa shape index (κ1) is 13.2. The van der Waals surface area contributed by atoms with Gasteiger partial charge in [-0.25, -0.2) is 0 Å². The molecule has 0 aromatic heterocycles. The van der Waals surface area contributed by atoms with Crippen molar-refractivity contribution in [2.75, 3.05) is 13.2 Å². The number of benzene rings is 1. The van der Waals surface area contributed by atoms with Gasteiger partial charge in [0.25, 0.3) is 0 Å². The normalized spacial score (nSPS) is 18.6. The molecule has 0 spiro atoms. The summed E-state index contributed by atoms with van der Waals surface area (Å²) in [6.45, 7) is 3.14. The Labute approximate surface area is 109 Å². The van der Waals surface area contributed by atoms with E-state index in [1.54, 1.807) is 6.07 Å². The standard InChI is InChI=1S/C15H23NO2/c1-2-18-13-8-6-7-12(17)14(13)15(11-16)9-4-3-5-10-15/h6-8,17H,2-5,9-11,16H2,1H3. The number of hydrogen-bond donors (Lipinski definition) is 2. The molecular formula is C15H23NO2. The van der Waals surface area contributed by atoms with Gasteiger partial charge in [-0.2, -0.15) is 0 Å². The first-order valence-corrected chi connectivity index (χ1v) is 6.89. The highest BCUT2D eigenvalue weighted by atomic mass is 16.5. The van der Waals surface area contributed by atoms with Gasteiger partial charge in [0.15, 0.2) is 0 Å². The Balaban J connectivity index is 2.46. The predicted octanol–water partition coefficient (Wildman–Crippen LogP) is 2.95. The summed E-state index contributed by atoms with van der Waals surface area (Å²) in [6.07, 6.45) is 5.70. The second kappa shape index (κ2) is 5.61. The Bertz CT molecular complexity index is 397. The van der Waals surface area contributed by atoms with Gasteiger partial charge in [-0.05, 0) is 31.9 Å². The van der Waals surface area contributed by atoms with Crippen molar-refractivity contribution in [2.24, 2.45) is 5.73 Å². The van der Waals surface area contributed by atoms with Crippen LogP contribution in [0.1, 0.15) is 44.6 Å². The van der Waals surface area contributed by atoms with Gasteiger partial charge >= 0.3 is 0 Å². The Kier molecular flexibility index (Phi) is 4.12. The van der Waals surface area contributed by atoms with Crippen molar-refractivity contribution in [3.63, 3.8) is 0 Å². The van der Waals surface area contributed by atoms with Gasteiger partial charge in [0.2, 0.25) is 0 Å². The lowest BCUT2D eigenvalue weighted by Gasteiger charge is -2.38. The van der Waals surface area contributed by atoms with Crippen molar-refractivity contribution in [3.8, 4) is 11.5 Å². The lowest BCUT2D eigenvalue weighted by Crippen LogP contribution is -2.37. The molecule has 0 unspecified atom stereocenters. The number of hydrogen-bond acceptors (Lipinski definition) is 3. The molecular weight excluding hydrogens is 226 g/mol. The molecule has 0 atom stereocenters. The van der Waals surface area contributed by atoms with Crippen molar-refractivity contribution in [1.82, 2.24) is 0 Å². The van der Waals surface area contributed by atoms with E-state index >= 15 is 0 Å². The molecule has 0 bridgehead atoms. The molecule has 3 N–H and O–H groups in total. The number of nitrogens with two attached hydrogens (primary N) is 1. The SMILES string of the molecule is CCOc1cccc(O)c1C1(CN)CCCCC1. The summed E-state index contributed by atoms with van der Waals surface area (Å²) in [5.74, 6) is 1.12. The molecule has 0 heterocycles. The fourth-order valence-electron chi connectivity index (χ4n) is 3.11. The zero-order valence-electron chi connectivity index (χ0n) is 11.1. The van der Waals surface area contributed by atoms with Gasteiger partial charge in [0.1, 0.15) is 11.5 Å². The molecule has 1 fully saturated rings. The molecule has 0 saturated heterocycles. The van der Waals surface area contributed by atoms with Crippen molar-refractivity contribution < 1.29 is 9.84 Å². The lowest BCUT2D eigenvalue weighted by molar-refractivity contribution is 0.267. The van der Waals surface area contributed by atoms with Crippen LogP contribution in [0.15, 0.2) is 18.2 Å². The molecule has 1 aliphatic carbocycles. The predicted molar refractivity (Wildman–Crippen MR) is 73.1 cm³/mol. The summed E-state index contributed by atoms with van der Waals surface area (Å²) in [7, 11) is 0. The minimum absolute atomic E-state index is 0.103. The average molecular weight is 249 g/mol. The van der Waals surface area contributed by atoms with E-state index in [-0.39, 0.29) is 5.41 Å². The molecule has 0 aliphatic heterocycles. The van der Waals surface area contributed by atoms with Crippen molar-refractivity contribution in [1.29, 1.82) is 0 Å². The molecule has 3 nitrogen and oxygen atoms in total. The monoisotopic (exact) mass is 249 g/mol. The lowest BCUT2D eigenvalue weighted by atomic mass is 9.69. The quantitative estimate of drug-likeness (QED) is 0.862. The van der Waals surface area contributed by atoms with Crippen LogP contribution in [0.25, 0.3) is 0 Å². The molecule has 1 aromatic carbocycles. The second-order valence-corrected chi connectivity index (χ2v) is 5.13. The maximum atomic E-state index is 10.2. The van der Waals surface area contributed by atoms with Crippen molar-refractivity contribution in [3.05, 3.63) is 23.8 Å². The van der Waals surface area contributed by atoms with Crippen LogP contribution in [0.2, 0.25) is 0 Å². The third kappa shape index (κ3) is 2.32. The van der Waals surface area contributed by atoms with E-state index in [2.05, 4.69) is 0 Å². The van der Waals surface area contributed by atoms with E-state index in [0.717, 1.165) is 24.2 Å². The van der Waals surface area contributed by atoms with E-state index in [4.69, 9.17) is 10.5 Å². The summed E-state index contributed by atoms with van der Waals surface area (Å²) < 4.78 is 5.68. The van der Waals surface area contributed by atoms with Crippen molar-refractivity contribution in [2.45, 2.75) is 44.4 Å². The Morgan fingerprint density at radius 1 is 1.28 bits per heavy atom. The van der Waals surface area contributed by atoms with Crippen LogP contribution in [0.4, 0.5) is 0 Å². The molecule has 1 saturated carbocycles. The summed E-state index contributed by atoms with van der Waals surface area (Å²) in [4.78, 5) is 0. The highest BCUT2D eigenvalue weighted by Gasteiger charge is 2.37. The summed E-state index contributed by atoms with van der Waals surface area (Å²) in [5, 5.41) is 10.2. The largest absolute Gasteiger partial charge is 0.508 e. The summed E-state index contributed by atoms with van der Waals surface area (Å²) >= 11 is 0. The van der Waals surface area contributed by atoms with Gasteiger partial charge in [0.05, 0.1) is 6.61 Å². The fourth-order valence-corrected chi connectivity index (χ4v) is 3.11. The third-order valence-electron chi connectivity index (χ3n) is 4.04. The molecule has 1 aromatic rings. The second-order valence-electron chi connectivity index (χ2n) is 5.13. The number of ether oxygens (including phenoxy) is 1. The average Bonchev–Trinajstić information content (AvgIpc) is 2.40. The van der Waals surface area contributed by atoms with Gasteiger partial charge in [-0.3, -0.25) is 0 Å². The van der Waals surface area contributed by atoms with Crippen LogP contribution in [0.5, 0.6) is 11.5 Å². The van der Waals surface area contributed by atoms with E-state index in [1.165, 1.54) is 19.3 Å². The zero-order chi connectivity index (χ0) is 13.0. The molecule has 100 valence electrons. The van der Waals surface area contributed by atoms with Crippen LogP contribution in [-0.4, -0.2) is 18.3 Å². The fraction of sp³-hybridized carbons (Fsp3) is 0.600. The molecule has 0 radical (unpaired) electrons. The van der Waals surface area contributed by atoms with Crippen molar-refractivity contribution >= 4 is 0 Å². The van der Waals surface area contributed by atoms with Gasteiger partial charge in [-0.15, -0.1) is 0 Å². The van der Waals surface area contributed by atoms with Crippen LogP contribution in [0, 0.1) is 0 Å².